The highest BCUT2D eigenvalue weighted by Gasteiger charge is 2.11. The van der Waals surface area contributed by atoms with Crippen LogP contribution in [0.2, 0.25) is 0 Å². The fourth-order valence-electron chi connectivity index (χ4n) is 16.6. The van der Waals surface area contributed by atoms with Gasteiger partial charge < -0.3 is 9.47 Å². The summed E-state index contributed by atoms with van der Waals surface area (Å²) in [6, 6.07) is 34.7. The normalized spacial score (nSPS) is 11.2. The minimum absolute atomic E-state index is 0.753. The number of aryl methyl sites for hydroxylation is 6. The van der Waals surface area contributed by atoms with E-state index in [1.54, 1.807) is 12.4 Å². The first-order chi connectivity index (χ1) is 62.5. The van der Waals surface area contributed by atoms with Crippen molar-refractivity contribution in [2.75, 3.05) is 13.2 Å². The monoisotopic (exact) mass is 1740 g/mol. The smallest absolute Gasteiger partial charge is 0.159 e. The van der Waals surface area contributed by atoms with Gasteiger partial charge in [0.15, 0.2) is 29.0 Å². The molecule has 0 fully saturated rings. The van der Waals surface area contributed by atoms with Gasteiger partial charge >= 0.3 is 0 Å². The van der Waals surface area contributed by atoms with Crippen LogP contribution in [0.3, 0.4) is 0 Å². The van der Waals surface area contributed by atoms with Crippen LogP contribution in [-0.2, 0) is 38.5 Å². The first-order valence-electron chi connectivity index (χ1n) is 53.4. The summed E-state index contributed by atoms with van der Waals surface area (Å²) >= 11 is 0. The van der Waals surface area contributed by atoms with E-state index in [1.165, 1.54) is 399 Å². The summed E-state index contributed by atoms with van der Waals surface area (Å²) in [6.45, 7) is 24.5. The van der Waals surface area contributed by atoms with E-state index < -0.39 is 0 Å². The fourth-order valence-corrected chi connectivity index (χ4v) is 16.6. The number of rotatable bonds is 73. The highest BCUT2D eigenvalue weighted by Crippen LogP contribution is 2.27. The Bertz CT molecular complexity index is 3710. The molecule has 0 amide bonds. The van der Waals surface area contributed by atoms with Gasteiger partial charge in [-0.2, -0.15) is 0 Å². The van der Waals surface area contributed by atoms with Gasteiger partial charge in [-0.15, -0.1) is 0 Å². The van der Waals surface area contributed by atoms with Crippen molar-refractivity contribution in [1.29, 1.82) is 0 Å². The molecule has 127 heavy (non-hydrogen) atoms. The first kappa shape index (κ1) is 110. The summed E-state index contributed by atoms with van der Waals surface area (Å²) in [4.78, 5) is 36.7. The van der Waals surface area contributed by atoms with Crippen molar-refractivity contribution in [3.05, 3.63) is 180 Å². The maximum atomic E-state index is 5.86. The molecule has 8 aromatic rings. The van der Waals surface area contributed by atoms with Gasteiger partial charge in [0.1, 0.15) is 5.75 Å². The SMILES string of the molecule is CCCCCCCCCCCCc1cnc(-c2ccc(CCCCCCCC(C)C)cc2)nc1.CCCCCCCCCCCCc1cnc(-c2ccc(CCCCCCCCC(C)C)cc2)nc1.CCCCCCCCCOc1cnc(-c2ccc(CCCCCCC)cc2)nc1.CCCCCCCCOc1ccc(-c2ncc(CCCCCCCC)cn2)cc1. The molecule has 0 aliphatic rings. The lowest BCUT2D eigenvalue weighted by Crippen LogP contribution is -1.99. The van der Waals surface area contributed by atoms with Crippen LogP contribution < -0.4 is 9.47 Å². The van der Waals surface area contributed by atoms with E-state index in [0.717, 1.165) is 121 Å². The molecule has 4 aromatic heterocycles. The van der Waals surface area contributed by atoms with Crippen molar-refractivity contribution in [2.45, 2.75) is 474 Å². The summed E-state index contributed by atoms with van der Waals surface area (Å²) in [5.74, 6) is 6.67. The average molecular weight is 1740 g/mol. The van der Waals surface area contributed by atoms with Crippen molar-refractivity contribution < 1.29 is 9.47 Å². The molecule has 0 N–H and O–H groups in total. The standard InChI is InChI=1S/C33H54N2.C32H52N2.2C26H40N2O/c1-4-5-6-7-8-9-10-11-16-19-22-31-27-34-33(35-28-31)32-25-23-30(24-26-32)21-18-15-13-12-14-17-20-29(2)3;1-4-5-6-7-8-9-10-11-14-18-21-30-26-33-32(34-27-30)31-24-22-29(23-25-31)20-17-15-12-13-16-19-28(2)3;1-3-5-7-9-10-12-14-20-29-25-21-27-26(28-22-25)24-18-16-23(17-19-24)15-13-11-8-6-4-2;1-3-5-7-9-11-13-15-23-21-27-26(28-22-23)24-16-18-25(19-17-24)29-20-14-12-10-8-6-4-2/h23-29H,4-22H2,1-3H3;22-28H,4-21H2,1-3H3;2*16-19,21-22H,3-15,20H2,1-2H3. The topological polar surface area (TPSA) is 122 Å². The molecule has 0 saturated heterocycles. The molecule has 0 bridgehead atoms. The summed E-state index contributed by atoms with van der Waals surface area (Å²) in [7, 11) is 0. The Morgan fingerprint density at radius 1 is 0.181 bits per heavy atom. The fraction of sp³-hybridized carbons (Fsp3) is 0.658. The molecule has 0 atom stereocenters. The molecular weight excluding hydrogens is 1550 g/mol. The maximum absolute atomic E-state index is 5.86. The van der Waals surface area contributed by atoms with Crippen LogP contribution in [0.4, 0.5) is 0 Å². The molecule has 4 heterocycles. The Morgan fingerprint density at radius 3 is 0.591 bits per heavy atom. The van der Waals surface area contributed by atoms with Gasteiger partial charge in [-0.3, -0.25) is 0 Å². The molecule has 8 rings (SSSR count). The summed E-state index contributed by atoms with van der Waals surface area (Å²) in [5.41, 5.74) is 12.4. The first-order valence-corrected chi connectivity index (χ1v) is 53.4. The molecule has 10 nitrogen and oxygen atoms in total. The van der Waals surface area contributed by atoms with Crippen molar-refractivity contribution in [3.63, 3.8) is 0 Å². The Kier molecular flexibility index (Phi) is 67.4. The molecule has 10 heteroatoms. The Labute approximate surface area is 780 Å². The van der Waals surface area contributed by atoms with E-state index in [0.29, 0.717) is 0 Å². The number of benzene rings is 4. The van der Waals surface area contributed by atoms with E-state index in [9.17, 15) is 0 Å². The van der Waals surface area contributed by atoms with Crippen LogP contribution in [0, 0.1) is 11.8 Å². The van der Waals surface area contributed by atoms with Gasteiger partial charge in [0.2, 0.25) is 0 Å². The quantitative estimate of drug-likeness (QED) is 0.0341. The Hall–Kier alpha value is -7.20. The van der Waals surface area contributed by atoms with Crippen molar-refractivity contribution in [3.8, 4) is 57.1 Å². The third-order valence-electron chi connectivity index (χ3n) is 25.0. The molecule has 0 radical (unpaired) electrons. The Morgan fingerprint density at radius 2 is 0.362 bits per heavy atom. The lowest BCUT2D eigenvalue weighted by atomic mass is 10.0. The molecule has 706 valence electrons. The Balaban J connectivity index is 0.000000301. The number of unbranched alkanes of at least 4 members (excludes halogenated alkanes) is 47. The third kappa shape index (κ3) is 57.6. The van der Waals surface area contributed by atoms with Crippen LogP contribution >= 0.6 is 0 Å². The van der Waals surface area contributed by atoms with E-state index in [2.05, 4.69) is 194 Å². The zero-order valence-electron chi connectivity index (χ0n) is 83.4. The molecular formula is C117H186N8O2. The summed E-state index contributed by atoms with van der Waals surface area (Å²) < 4.78 is 11.7. The van der Waals surface area contributed by atoms with Crippen molar-refractivity contribution >= 4 is 0 Å². The highest BCUT2D eigenvalue weighted by molar-refractivity contribution is 5.58. The highest BCUT2D eigenvalue weighted by atomic mass is 16.5. The van der Waals surface area contributed by atoms with E-state index in [4.69, 9.17) is 9.47 Å². The molecule has 0 spiro atoms. The van der Waals surface area contributed by atoms with Gasteiger partial charge in [-0.05, 0) is 159 Å². The molecule has 0 unspecified atom stereocenters. The summed E-state index contributed by atoms with van der Waals surface area (Å²) in [6.07, 6.45) is 99.3. The van der Waals surface area contributed by atoms with E-state index >= 15 is 0 Å². The van der Waals surface area contributed by atoms with Crippen LogP contribution in [0.5, 0.6) is 11.5 Å². The van der Waals surface area contributed by atoms with Gasteiger partial charge in [0, 0.05) is 59.4 Å². The predicted octanol–water partition coefficient (Wildman–Crippen LogP) is 36.3. The van der Waals surface area contributed by atoms with Gasteiger partial charge in [-0.25, -0.2) is 39.9 Å². The van der Waals surface area contributed by atoms with E-state index in [-0.39, 0.29) is 0 Å². The van der Waals surface area contributed by atoms with Gasteiger partial charge in [0.05, 0.1) is 25.6 Å². The average Bonchev–Trinajstić information content (AvgIpc) is 0.870. The predicted molar refractivity (Wildman–Crippen MR) is 550 cm³/mol. The summed E-state index contributed by atoms with van der Waals surface area (Å²) in [5, 5.41) is 0. The number of nitrogens with zero attached hydrogens (tertiary/aromatic N) is 8. The van der Waals surface area contributed by atoms with Crippen molar-refractivity contribution in [1.82, 2.24) is 39.9 Å². The second-order valence-corrected chi connectivity index (χ2v) is 38.0. The molecule has 0 saturated carbocycles. The van der Waals surface area contributed by atoms with Gasteiger partial charge in [0.25, 0.3) is 0 Å². The maximum Gasteiger partial charge on any atom is 0.159 e. The second-order valence-electron chi connectivity index (χ2n) is 38.0. The second kappa shape index (κ2) is 77.6. The molecule has 0 aliphatic heterocycles. The molecule has 4 aromatic carbocycles. The lowest BCUT2D eigenvalue weighted by molar-refractivity contribution is 0.302. The number of ether oxygens (including phenoxy) is 2. The van der Waals surface area contributed by atoms with Crippen molar-refractivity contribution in [2.24, 2.45) is 11.8 Å². The zero-order valence-corrected chi connectivity index (χ0v) is 83.4. The van der Waals surface area contributed by atoms with Crippen LogP contribution in [0.25, 0.3) is 45.6 Å². The lowest BCUT2D eigenvalue weighted by Gasteiger charge is -2.07. The number of hydrogen-bond donors (Lipinski definition) is 0. The minimum atomic E-state index is 0.753. The van der Waals surface area contributed by atoms with Crippen LogP contribution in [0.1, 0.15) is 469 Å². The zero-order chi connectivity index (χ0) is 90.4. The molecule has 0 aliphatic carbocycles. The third-order valence-corrected chi connectivity index (χ3v) is 25.0. The van der Waals surface area contributed by atoms with E-state index in [1.807, 2.05) is 49.3 Å². The number of aromatic nitrogens is 8. The van der Waals surface area contributed by atoms with Crippen LogP contribution in [0.15, 0.2) is 147 Å². The van der Waals surface area contributed by atoms with Crippen LogP contribution in [-0.4, -0.2) is 53.1 Å². The number of hydrogen-bond acceptors (Lipinski definition) is 10. The minimum Gasteiger partial charge on any atom is -0.494 e. The van der Waals surface area contributed by atoms with Gasteiger partial charge in [-0.1, -0.05) is 457 Å². The largest absolute Gasteiger partial charge is 0.494 e.